The van der Waals surface area contributed by atoms with E-state index in [4.69, 9.17) is 14.5 Å². The first kappa shape index (κ1) is 12.9. The molecule has 0 aromatic rings. The minimum atomic E-state index is -4.40. The maximum absolute atomic E-state index is 10.6. The van der Waals surface area contributed by atoms with Gasteiger partial charge in [0.25, 0.3) is 0 Å². The lowest BCUT2D eigenvalue weighted by Gasteiger charge is -2.22. The molecule has 0 aliphatic carbocycles. The molecule has 5 nitrogen and oxygen atoms in total. The number of hydrogen-bond acceptors (Lipinski definition) is 3. The molecule has 0 aromatic heterocycles. The van der Waals surface area contributed by atoms with Crippen molar-refractivity contribution in [2.24, 2.45) is 5.92 Å². The topological polar surface area (TPSA) is 76.0 Å². The van der Waals surface area contributed by atoms with E-state index in [9.17, 15) is 4.57 Å². The molecule has 7 heteroatoms. The van der Waals surface area contributed by atoms with E-state index in [1.165, 1.54) is 0 Å². The van der Waals surface area contributed by atoms with Crippen LogP contribution < -0.4 is 0 Å². The Morgan fingerprint density at radius 1 is 1.64 bits per heavy atom. The van der Waals surface area contributed by atoms with Gasteiger partial charge in [-0.15, -0.1) is 0 Å². The highest BCUT2D eigenvalue weighted by Crippen LogP contribution is 2.41. The van der Waals surface area contributed by atoms with Gasteiger partial charge < -0.3 is 14.5 Å². The van der Waals surface area contributed by atoms with Crippen LogP contribution in [0.15, 0.2) is 0 Å². The van der Waals surface area contributed by atoms with E-state index < -0.39 is 13.9 Å². The molecule has 1 heterocycles. The van der Waals surface area contributed by atoms with Gasteiger partial charge >= 0.3 is 7.82 Å². The zero-order valence-electron chi connectivity index (χ0n) is 7.96. The molecule has 1 aliphatic heterocycles. The Kier molecular flexibility index (Phi) is 4.37. The van der Waals surface area contributed by atoms with Crippen LogP contribution in [0.5, 0.6) is 0 Å². The van der Waals surface area contributed by atoms with Crippen LogP contribution in [0.1, 0.15) is 20.3 Å². The molecule has 84 valence electrons. The van der Waals surface area contributed by atoms with Gasteiger partial charge in [-0.05, 0) is 19.3 Å². The van der Waals surface area contributed by atoms with Crippen LogP contribution in [-0.2, 0) is 13.8 Å². The van der Waals surface area contributed by atoms with Crippen molar-refractivity contribution >= 4 is 30.4 Å². The van der Waals surface area contributed by atoms with Gasteiger partial charge in [-0.25, -0.2) is 4.57 Å². The fraction of sp³-hybridized carbons (Fsp3) is 1.00. The molecule has 0 radical (unpaired) electrons. The average Bonchev–Trinajstić information content (AvgIpc) is 2.26. The van der Waals surface area contributed by atoms with Crippen LogP contribution in [-0.4, -0.2) is 26.1 Å². The third-order valence-corrected chi connectivity index (χ3v) is 3.60. The maximum Gasteiger partial charge on any atom is 0.469 e. The summed E-state index contributed by atoms with van der Waals surface area (Å²) in [4.78, 5) is 17.3. The Balaban J connectivity index is 2.53. The number of alkyl halides is 1. The van der Waals surface area contributed by atoms with Gasteiger partial charge in [-0.1, -0.05) is 29.5 Å². The molecule has 0 spiro atoms. The van der Waals surface area contributed by atoms with Crippen LogP contribution in [0.25, 0.3) is 0 Å². The number of phosphoric acid groups is 1. The van der Waals surface area contributed by atoms with Gasteiger partial charge in [0.15, 0.2) is 0 Å². The summed E-state index contributed by atoms with van der Waals surface area (Å²) in [6, 6.07) is 0. The standard InChI is InChI=1S/C7H14IO5P/c1-4-3-6(8)12-7(4)5(2)13-14(9,10)11/h4-7H,3H2,1-2H3,(H2,9,10,11)/t4?,5-,6+,7-/m0/s1. The van der Waals surface area contributed by atoms with Crippen molar-refractivity contribution in [2.75, 3.05) is 0 Å². The van der Waals surface area contributed by atoms with Crippen LogP contribution in [0.3, 0.4) is 0 Å². The summed E-state index contributed by atoms with van der Waals surface area (Å²) < 4.78 is 20.8. The summed E-state index contributed by atoms with van der Waals surface area (Å²) in [7, 11) is -4.40. The third kappa shape index (κ3) is 3.75. The Morgan fingerprint density at radius 3 is 2.57 bits per heavy atom. The first-order chi connectivity index (χ1) is 6.29. The normalized spacial score (nSPS) is 35.9. The minimum Gasteiger partial charge on any atom is -0.362 e. The molecule has 1 fully saturated rings. The lowest BCUT2D eigenvalue weighted by molar-refractivity contribution is -0.0111. The predicted octanol–water partition coefficient (Wildman–Crippen LogP) is 1.67. The predicted molar refractivity (Wildman–Crippen MR) is 59.1 cm³/mol. The van der Waals surface area contributed by atoms with Crippen LogP contribution >= 0.6 is 30.4 Å². The molecular weight excluding hydrogens is 322 g/mol. The molecule has 1 unspecified atom stereocenters. The highest BCUT2D eigenvalue weighted by atomic mass is 127. The fourth-order valence-electron chi connectivity index (χ4n) is 1.64. The van der Waals surface area contributed by atoms with Gasteiger partial charge in [-0.3, -0.25) is 4.52 Å². The van der Waals surface area contributed by atoms with Crippen molar-refractivity contribution in [2.45, 2.75) is 36.6 Å². The lowest BCUT2D eigenvalue weighted by atomic mass is 10.0. The molecular formula is C7H14IO5P. The van der Waals surface area contributed by atoms with Crippen LogP contribution in [0.4, 0.5) is 0 Å². The number of ether oxygens (including phenoxy) is 1. The molecule has 0 saturated carbocycles. The summed E-state index contributed by atoms with van der Waals surface area (Å²) >= 11 is 2.16. The number of phosphoric ester groups is 1. The average molecular weight is 336 g/mol. The maximum atomic E-state index is 10.6. The van der Waals surface area contributed by atoms with E-state index >= 15 is 0 Å². The number of rotatable bonds is 3. The molecule has 14 heavy (non-hydrogen) atoms. The van der Waals surface area contributed by atoms with Crippen LogP contribution in [0.2, 0.25) is 0 Å². The zero-order valence-corrected chi connectivity index (χ0v) is 11.0. The second-order valence-electron chi connectivity index (χ2n) is 3.52. The Morgan fingerprint density at radius 2 is 2.21 bits per heavy atom. The molecule has 0 amide bonds. The van der Waals surface area contributed by atoms with Gasteiger partial charge in [0.1, 0.15) is 4.11 Å². The SMILES string of the molecule is CC1C[C@H](I)O[C@@H]1[C@H](C)OP(=O)(O)O. The van der Waals surface area contributed by atoms with Crippen LogP contribution in [0, 0.1) is 5.92 Å². The van der Waals surface area contributed by atoms with E-state index in [2.05, 4.69) is 27.1 Å². The van der Waals surface area contributed by atoms with Crippen molar-refractivity contribution < 1.29 is 23.6 Å². The Bertz CT molecular complexity index is 242. The highest BCUT2D eigenvalue weighted by Gasteiger charge is 2.37. The van der Waals surface area contributed by atoms with E-state index in [0.717, 1.165) is 6.42 Å². The van der Waals surface area contributed by atoms with E-state index in [1.807, 2.05) is 6.92 Å². The molecule has 2 N–H and O–H groups in total. The second-order valence-corrected chi connectivity index (χ2v) is 6.11. The van der Waals surface area contributed by atoms with Crippen molar-refractivity contribution in [3.05, 3.63) is 0 Å². The van der Waals surface area contributed by atoms with Crippen molar-refractivity contribution in [1.29, 1.82) is 0 Å². The third-order valence-electron chi connectivity index (χ3n) is 2.19. The zero-order chi connectivity index (χ0) is 10.9. The van der Waals surface area contributed by atoms with Gasteiger partial charge in [0.2, 0.25) is 0 Å². The van der Waals surface area contributed by atoms with Gasteiger partial charge in [-0.2, -0.15) is 0 Å². The highest BCUT2D eigenvalue weighted by molar-refractivity contribution is 14.1. The van der Waals surface area contributed by atoms with Gasteiger partial charge in [0.05, 0.1) is 12.2 Å². The smallest absolute Gasteiger partial charge is 0.362 e. The summed E-state index contributed by atoms with van der Waals surface area (Å²) in [6.45, 7) is 3.61. The van der Waals surface area contributed by atoms with Crippen molar-refractivity contribution in [3.63, 3.8) is 0 Å². The summed E-state index contributed by atoms with van der Waals surface area (Å²) in [5.74, 6) is 0.262. The molecule has 1 rings (SSSR count). The number of hydrogen-bond donors (Lipinski definition) is 2. The quantitative estimate of drug-likeness (QED) is 0.466. The summed E-state index contributed by atoms with van der Waals surface area (Å²) in [5.41, 5.74) is 0. The monoisotopic (exact) mass is 336 g/mol. The van der Waals surface area contributed by atoms with E-state index in [-0.39, 0.29) is 16.1 Å². The summed E-state index contributed by atoms with van der Waals surface area (Å²) in [5, 5.41) is 0. The largest absolute Gasteiger partial charge is 0.469 e. The second kappa shape index (κ2) is 4.76. The minimum absolute atomic E-state index is 0.107. The first-order valence-electron chi connectivity index (χ1n) is 4.33. The molecule has 1 aliphatic rings. The van der Waals surface area contributed by atoms with E-state index in [0.29, 0.717) is 0 Å². The Hall–Kier alpha value is 0.800. The lowest BCUT2D eigenvalue weighted by Crippen LogP contribution is -2.29. The van der Waals surface area contributed by atoms with E-state index in [1.54, 1.807) is 6.92 Å². The Labute approximate surface area is 96.6 Å². The molecule has 1 saturated heterocycles. The molecule has 4 atom stereocenters. The fourth-order valence-corrected chi connectivity index (χ4v) is 3.33. The first-order valence-corrected chi connectivity index (χ1v) is 7.10. The molecule has 0 bridgehead atoms. The number of halogens is 1. The van der Waals surface area contributed by atoms with Gasteiger partial charge in [0, 0.05) is 0 Å². The van der Waals surface area contributed by atoms with Crippen molar-refractivity contribution in [3.8, 4) is 0 Å². The molecule has 0 aromatic carbocycles. The van der Waals surface area contributed by atoms with Crippen molar-refractivity contribution in [1.82, 2.24) is 0 Å². The summed E-state index contributed by atoms with van der Waals surface area (Å²) in [6.07, 6.45) is 0.0789.